The molecule has 0 atom stereocenters. The van der Waals surface area contributed by atoms with E-state index in [0.717, 1.165) is 41.8 Å². The van der Waals surface area contributed by atoms with E-state index in [9.17, 15) is 9.59 Å². The molecule has 0 spiro atoms. The van der Waals surface area contributed by atoms with Gasteiger partial charge in [0.15, 0.2) is 0 Å². The fraction of sp³-hybridized carbons (Fsp3) is 0.571. The highest BCUT2D eigenvalue weighted by Crippen LogP contribution is 2.35. The van der Waals surface area contributed by atoms with Crippen molar-refractivity contribution in [3.05, 3.63) is 77.6 Å². The number of hydrogen-bond acceptors (Lipinski definition) is 6. The van der Waals surface area contributed by atoms with Crippen molar-refractivity contribution in [1.29, 1.82) is 0 Å². The van der Waals surface area contributed by atoms with Gasteiger partial charge in [-0.05, 0) is 49.9 Å². The van der Waals surface area contributed by atoms with Crippen LogP contribution in [-0.4, -0.2) is 33.5 Å². The van der Waals surface area contributed by atoms with Gasteiger partial charge in [0.25, 0.3) is 5.91 Å². The van der Waals surface area contributed by atoms with Crippen LogP contribution < -0.4 is 15.7 Å². The average molecular weight is 700 g/mol. The molecule has 8 nitrogen and oxygen atoms in total. The number of amides is 2. The highest BCUT2D eigenvalue weighted by molar-refractivity contribution is 5.93. The van der Waals surface area contributed by atoms with Gasteiger partial charge in [-0.15, -0.1) is 0 Å². The van der Waals surface area contributed by atoms with Gasteiger partial charge in [0.05, 0.1) is 16.9 Å². The van der Waals surface area contributed by atoms with Crippen LogP contribution in [0.4, 0.5) is 17.3 Å². The summed E-state index contributed by atoms with van der Waals surface area (Å²) < 4.78 is 0. The van der Waals surface area contributed by atoms with E-state index in [2.05, 4.69) is 29.1 Å². The molecule has 0 aliphatic carbocycles. The minimum absolute atomic E-state index is 0.218. The summed E-state index contributed by atoms with van der Waals surface area (Å²) in [6.07, 6.45) is 9.29. The maximum absolute atomic E-state index is 12.5. The van der Waals surface area contributed by atoms with Gasteiger partial charge in [-0.2, -0.15) is 0 Å². The summed E-state index contributed by atoms with van der Waals surface area (Å²) in [6.45, 7) is 33.0. The molecule has 2 aromatic carbocycles. The van der Waals surface area contributed by atoms with Gasteiger partial charge in [0.2, 0.25) is 11.9 Å². The molecule has 0 unspecified atom stereocenters. The summed E-state index contributed by atoms with van der Waals surface area (Å²) in [5.74, 6) is -0.100. The molecule has 50 heavy (non-hydrogen) atoms. The molecule has 0 saturated carbocycles. The van der Waals surface area contributed by atoms with Gasteiger partial charge in [0, 0.05) is 25.4 Å². The number of nitrogens with one attached hydrogen (secondary N) is 2. The predicted molar refractivity (Wildman–Crippen MR) is 220 cm³/mol. The van der Waals surface area contributed by atoms with Crippen LogP contribution in [0.15, 0.2) is 60.9 Å². The van der Waals surface area contributed by atoms with E-state index in [0.29, 0.717) is 30.9 Å². The van der Waals surface area contributed by atoms with E-state index in [1.807, 2.05) is 150 Å². The summed E-state index contributed by atoms with van der Waals surface area (Å²) in [5, 5.41) is 11.4. The lowest BCUT2D eigenvalue weighted by Gasteiger charge is -2.26. The molecule has 0 radical (unpaired) electrons. The van der Waals surface area contributed by atoms with Crippen molar-refractivity contribution in [3.63, 3.8) is 0 Å². The van der Waals surface area contributed by atoms with E-state index in [1.165, 1.54) is 12.8 Å². The van der Waals surface area contributed by atoms with Crippen LogP contribution in [0.25, 0.3) is 0 Å². The summed E-state index contributed by atoms with van der Waals surface area (Å²) in [7, 11) is 0. The molecule has 288 valence electrons. The quantitative estimate of drug-likeness (QED) is 0.0986. The van der Waals surface area contributed by atoms with E-state index in [1.54, 1.807) is 17.9 Å². The van der Waals surface area contributed by atoms with Gasteiger partial charge in [-0.1, -0.05) is 159 Å². The predicted octanol–water partition coefficient (Wildman–Crippen LogP) is 12.7. The van der Waals surface area contributed by atoms with Crippen molar-refractivity contribution in [2.75, 3.05) is 11.4 Å². The van der Waals surface area contributed by atoms with Crippen LogP contribution in [0.3, 0.4) is 0 Å². The van der Waals surface area contributed by atoms with Gasteiger partial charge in [-0.25, -0.2) is 15.4 Å². The van der Waals surface area contributed by atoms with E-state index >= 15 is 0 Å². The van der Waals surface area contributed by atoms with E-state index < -0.39 is 0 Å². The summed E-state index contributed by atoms with van der Waals surface area (Å²) in [4.78, 5) is 34.5. The number of hydroxylamine groups is 1. The lowest BCUT2D eigenvalue weighted by atomic mass is 10.1. The van der Waals surface area contributed by atoms with Gasteiger partial charge in [0.1, 0.15) is 0 Å². The number of nitrogens with zero attached hydrogens (tertiary/aromatic N) is 3. The van der Waals surface area contributed by atoms with Crippen LogP contribution >= 0.6 is 0 Å². The molecule has 3 aromatic rings. The molecule has 0 aliphatic heterocycles. The van der Waals surface area contributed by atoms with Crippen molar-refractivity contribution in [3.8, 4) is 0 Å². The van der Waals surface area contributed by atoms with Crippen LogP contribution in [0.1, 0.15) is 163 Å². The Balaban J connectivity index is -0.000000366. The van der Waals surface area contributed by atoms with Crippen molar-refractivity contribution in [1.82, 2.24) is 20.8 Å². The second-order valence-corrected chi connectivity index (χ2v) is 9.14. The van der Waals surface area contributed by atoms with Crippen molar-refractivity contribution < 1.29 is 14.8 Å². The Labute approximate surface area is 308 Å². The lowest BCUT2D eigenvalue weighted by molar-refractivity contribution is -0.129. The Morgan fingerprint density at radius 3 is 1.42 bits per heavy atom. The smallest absolute Gasteiger partial charge is 0.254 e. The molecule has 2 amide bonds. The molecule has 3 N–H and O–H groups in total. The van der Waals surface area contributed by atoms with Gasteiger partial charge in [-0.3, -0.25) is 19.7 Å². The second kappa shape index (κ2) is 43.2. The van der Waals surface area contributed by atoms with E-state index in [-0.39, 0.29) is 11.8 Å². The SMILES string of the molecule is CC.CC.CC.CC.CC.CC.CCCC.Cc1ccccc1N(c1ncc(C(=O)NCCCCCCC(=O)NO)cn1)c1ccccc1C. The Kier molecular flexibility index (Phi) is 48.1. The number of para-hydroxylation sites is 2. The maximum Gasteiger partial charge on any atom is 0.254 e. The number of aryl methyl sites for hydroxylation is 2. The highest BCUT2D eigenvalue weighted by atomic mass is 16.5. The fourth-order valence-corrected chi connectivity index (χ4v) is 3.65. The molecule has 0 fully saturated rings. The average Bonchev–Trinajstić information content (AvgIpc) is 3.20. The molecular weight excluding hydrogens is 622 g/mol. The largest absolute Gasteiger partial charge is 0.352 e. The van der Waals surface area contributed by atoms with Gasteiger partial charge >= 0.3 is 0 Å². The third kappa shape index (κ3) is 25.2. The number of carbonyl (C=O) groups excluding carboxylic acids is 2. The van der Waals surface area contributed by atoms with Crippen molar-refractivity contribution in [2.45, 2.75) is 156 Å². The number of hydrogen-bond donors (Lipinski definition) is 3. The van der Waals surface area contributed by atoms with Crippen LogP contribution in [0, 0.1) is 13.8 Å². The monoisotopic (exact) mass is 700 g/mol. The number of benzene rings is 2. The van der Waals surface area contributed by atoms with Crippen LogP contribution in [-0.2, 0) is 4.79 Å². The maximum atomic E-state index is 12.5. The lowest BCUT2D eigenvalue weighted by Crippen LogP contribution is -2.25. The molecule has 1 aromatic heterocycles. The first-order valence-electron chi connectivity index (χ1n) is 19.4. The fourth-order valence-electron chi connectivity index (χ4n) is 3.65. The zero-order valence-electron chi connectivity index (χ0n) is 35.0. The van der Waals surface area contributed by atoms with Crippen molar-refractivity contribution >= 4 is 29.1 Å². The van der Waals surface area contributed by atoms with Crippen molar-refractivity contribution in [2.24, 2.45) is 0 Å². The third-order valence-electron chi connectivity index (χ3n) is 6.05. The zero-order valence-corrected chi connectivity index (χ0v) is 35.0. The molecule has 8 heteroatoms. The zero-order chi connectivity index (χ0) is 39.8. The second-order valence-electron chi connectivity index (χ2n) is 9.14. The topological polar surface area (TPSA) is 107 Å². The number of unbranched alkanes of at least 4 members (excludes halogenated alkanes) is 4. The number of anilines is 3. The first kappa shape index (κ1) is 55.6. The third-order valence-corrected chi connectivity index (χ3v) is 6.05. The highest BCUT2D eigenvalue weighted by Gasteiger charge is 2.19. The van der Waals surface area contributed by atoms with Crippen LogP contribution in [0.2, 0.25) is 0 Å². The first-order valence-corrected chi connectivity index (χ1v) is 19.4. The Bertz CT molecular complexity index is 1090. The molecule has 1 heterocycles. The van der Waals surface area contributed by atoms with Crippen LogP contribution in [0.5, 0.6) is 0 Å². The van der Waals surface area contributed by atoms with E-state index in [4.69, 9.17) is 5.21 Å². The standard InChI is InChI=1S/C26H31N5O3.C4H10.6C2H6/c1-19-11-6-8-13-22(19)31(23-14-9-7-12-20(23)2)26-28-17-21(18-29-26)25(33)27-16-10-4-3-5-15-24(32)30-34;1-3-4-2;6*1-2/h6-9,11-14,17-18,34H,3-5,10,15-16H2,1-2H3,(H,27,33)(H,30,32);3-4H2,1-2H3;6*1-2H3. The Hall–Kier alpha value is -3.78. The Morgan fingerprint density at radius 2 is 1.04 bits per heavy atom. The molecule has 0 bridgehead atoms. The molecule has 3 rings (SSSR count). The molecule has 0 saturated heterocycles. The minimum Gasteiger partial charge on any atom is -0.352 e. The number of aromatic nitrogens is 2. The first-order chi connectivity index (χ1) is 24.4. The minimum atomic E-state index is -0.375. The molecule has 0 aliphatic rings. The summed E-state index contributed by atoms with van der Waals surface area (Å²) in [6, 6.07) is 16.1. The Morgan fingerprint density at radius 1 is 0.640 bits per heavy atom. The van der Waals surface area contributed by atoms with Gasteiger partial charge < -0.3 is 5.32 Å². The summed E-state index contributed by atoms with van der Waals surface area (Å²) in [5.41, 5.74) is 6.16. The summed E-state index contributed by atoms with van der Waals surface area (Å²) >= 11 is 0. The normalized spacial score (nSPS) is 8.50. The number of rotatable bonds is 12. The molecular formula is C42H77N5O3. The number of carbonyl (C=O) groups is 2.